The Morgan fingerprint density at radius 2 is 1.80 bits per heavy atom. The van der Waals surface area contributed by atoms with Crippen molar-refractivity contribution in [3.63, 3.8) is 0 Å². The summed E-state index contributed by atoms with van der Waals surface area (Å²) in [5.41, 5.74) is 1.66. The van der Waals surface area contributed by atoms with Gasteiger partial charge in [0.25, 0.3) is 0 Å². The highest BCUT2D eigenvalue weighted by Crippen LogP contribution is 2.37. The lowest BCUT2D eigenvalue weighted by Gasteiger charge is -2.17. The predicted octanol–water partition coefficient (Wildman–Crippen LogP) is 4.61. The third kappa shape index (κ3) is 3.14. The summed E-state index contributed by atoms with van der Waals surface area (Å²) in [4.78, 5) is 0. The molecule has 0 unspecified atom stereocenters. The number of hydrogen-bond acceptors (Lipinski definition) is 3. The van der Waals surface area contributed by atoms with Gasteiger partial charge in [-0.2, -0.15) is 0 Å². The first-order valence-electron chi connectivity index (χ1n) is 6.32. The zero-order valence-corrected chi connectivity index (χ0v) is 13.3. The SMILES string of the molecule is COc1cccc(Oc2ccc(Br)cc2C)c1[C@H](C)O. The lowest BCUT2D eigenvalue weighted by atomic mass is 10.1. The van der Waals surface area contributed by atoms with Gasteiger partial charge in [-0.1, -0.05) is 22.0 Å². The highest BCUT2D eigenvalue weighted by molar-refractivity contribution is 9.10. The molecule has 0 fully saturated rings. The molecule has 1 atom stereocenters. The average molecular weight is 337 g/mol. The van der Waals surface area contributed by atoms with E-state index in [1.54, 1.807) is 14.0 Å². The van der Waals surface area contributed by atoms with Gasteiger partial charge in [0.05, 0.1) is 18.8 Å². The molecule has 0 spiro atoms. The number of aryl methyl sites for hydroxylation is 1. The minimum atomic E-state index is -0.670. The maximum Gasteiger partial charge on any atom is 0.136 e. The number of ether oxygens (including phenoxy) is 2. The van der Waals surface area contributed by atoms with E-state index in [1.165, 1.54) is 0 Å². The van der Waals surface area contributed by atoms with E-state index in [1.807, 2.05) is 43.3 Å². The van der Waals surface area contributed by atoms with Gasteiger partial charge in [0.1, 0.15) is 17.2 Å². The summed E-state index contributed by atoms with van der Waals surface area (Å²) >= 11 is 3.43. The Morgan fingerprint density at radius 3 is 2.40 bits per heavy atom. The molecule has 2 rings (SSSR count). The molecule has 4 heteroatoms. The minimum absolute atomic E-state index is 0.602. The number of halogens is 1. The van der Waals surface area contributed by atoms with Gasteiger partial charge in [-0.05, 0) is 49.7 Å². The van der Waals surface area contributed by atoms with Gasteiger partial charge >= 0.3 is 0 Å². The summed E-state index contributed by atoms with van der Waals surface area (Å²) in [5, 5.41) is 9.94. The van der Waals surface area contributed by atoms with Crippen LogP contribution in [-0.2, 0) is 0 Å². The minimum Gasteiger partial charge on any atom is -0.496 e. The largest absolute Gasteiger partial charge is 0.496 e. The van der Waals surface area contributed by atoms with Crippen molar-refractivity contribution in [2.45, 2.75) is 20.0 Å². The second-order valence-electron chi connectivity index (χ2n) is 4.56. The summed E-state index contributed by atoms with van der Waals surface area (Å²) in [5.74, 6) is 1.97. The molecule has 2 aromatic rings. The van der Waals surface area contributed by atoms with Crippen molar-refractivity contribution in [2.24, 2.45) is 0 Å². The van der Waals surface area contributed by atoms with E-state index in [0.717, 1.165) is 15.8 Å². The maximum atomic E-state index is 9.94. The molecule has 1 N–H and O–H groups in total. The first-order chi connectivity index (χ1) is 9.52. The average Bonchev–Trinajstić information content (AvgIpc) is 2.41. The molecule has 20 heavy (non-hydrogen) atoms. The van der Waals surface area contributed by atoms with Crippen LogP contribution in [-0.4, -0.2) is 12.2 Å². The van der Waals surface area contributed by atoms with E-state index < -0.39 is 6.10 Å². The van der Waals surface area contributed by atoms with Crippen LogP contribution in [0.1, 0.15) is 24.2 Å². The highest BCUT2D eigenvalue weighted by atomic mass is 79.9. The summed E-state index contributed by atoms with van der Waals surface area (Å²) in [7, 11) is 1.58. The van der Waals surface area contributed by atoms with Crippen LogP contribution in [0.5, 0.6) is 17.2 Å². The van der Waals surface area contributed by atoms with Crippen LogP contribution in [0.3, 0.4) is 0 Å². The number of aliphatic hydroxyl groups is 1. The molecule has 0 aliphatic carbocycles. The second-order valence-corrected chi connectivity index (χ2v) is 5.48. The van der Waals surface area contributed by atoms with E-state index in [9.17, 15) is 5.11 Å². The molecule has 106 valence electrons. The van der Waals surface area contributed by atoms with Crippen molar-refractivity contribution >= 4 is 15.9 Å². The third-order valence-electron chi connectivity index (χ3n) is 3.02. The summed E-state index contributed by atoms with van der Waals surface area (Å²) in [6.45, 7) is 3.67. The van der Waals surface area contributed by atoms with E-state index in [0.29, 0.717) is 17.1 Å². The Hall–Kier alpha value is -1.52. The van der Waals surface area contributed by atoms with Gasteiger partial charge < -0.3 is 14.6 Å². The predicted molar refractivity (Wildman–Crippen MR) is 82.6 cm³/mol. The Labute approximate surface area is 127 Å². The van der Waals surface area contributed by atoms with Gasteiger partial charge in [0.15, 0.2) is 0 Å². The van der Waals surface area contributed by atoms with E-state index in [2.05, 4.69) is 15.9 Å². The number of rotatable bonds is 4. The first kappa shape index (κ1) is 14.9. The number of aliphatic hydroxyl groups excluding tert-OH is 1. The van der Waals surface area contributed by atoms with Crippen LogP contribution in [0.25, 0.3) is 0 Å². The second kappa shape index (κ2) is 6.29. The molecular weight excluding hydrogens is 320 g/mol. The van der Waals surface area contributed by atoms with Crippen molar-refractivity contribution in [3.8, 4) is 17.2 Å². The molecule has 0 saturated carbocycles. The van der Waals surface area contributed by atoms with E-state index >= 15 is 0 Å². The number of methoxy groups -OCH3 is 1. The zero-order valence-electron chi connectivity index (χ0n) is 11.7. The molecule has 0 radical (unpaired) electrons. The fourth-order valence-electron chi connectivity index (χ4n) is 2.05. The van der Waals surface area contributed by atoms with Crippen LogP contribution in [0, 0.1) is 6.92 Å². The van der Waals surface area contributed by atoms with Crippen LogP contribution in [0.4, 0.5) is 0 Å². The van der Waals surface area contributed by atoms with Crippen molar-refractivity contribution in [1.29, 1.82) is 0 Å². The lowest BCUT2D eigenvalue weighted by molar-refractivity contribution is 0.190. The molecule has 0 bridgehead atoms. The smallest absolute Gasteiger partial charge is 0.136 e. The van der Waals surface area contributed by atoms with E-state index in [4.69, 9.17) is 9.47 Å². The Morgan fingerprint density at radius 1 is 1.10 bits per heavy atom. The van der Waals surface area contributed by atoms with Gasteiger partial charge in [0.2, 0.25) is 0 Å². The normalized spacial score (nSPS) is 12.1. The van der Waals surface area contributed by atoms with E-state index in [-0.39, 0.29) is 0 Å². The van der Waals surface area contributed by atoms with Crippen LogP contribution in [0.2, 0.25) is 0 Å². The Kier molecular flexibility index (Phi) is 4.68. The molecule has 0 amide bonds. The number of benzene rings is 2. The first-order valence-corrected chi connectivity index (χ1v) is 7.11. The van der Waals surface area contributed by atoms with Crippen molar-refractivity contribution < 1.29 is 14.6 Å². The van der Waals surface area contributed by atoms with Gasteiger partial charge in [-0.25, -0.2) is 0 Å². The monoisotopic (exact) mass is 336 g/mol. The summed E-state index contributed by atoms with van der Waals surface area (Å²) in [6.07, 6.45) is -0.670. The van der Waals surface area contributed by atoms with Crippen molar-refractivity contribution in [3.05, 3.63) is 52.0 Å². The Balaban J connectivity index is 2.43. The highest BCUT2D eigenvalue weighted by Gasteiger charge is 2.16. The molecule has 2 aromatic carbocycles. The van der Waals surface area contributed by atoms with Gasteiger partial charge in [-0.15, -0.1) is 0 Å². The topological polar surface area (TPSA) is 38.7 Å². The molecule has 3 nitrogen and oxygen atoms in total. The lowest BCUT2D eigenvalue weighted by Crippen LogP contribution is -2.00. The zero-order chi connectivity index (χ0) is 14.7. The molecule has 0 aromatic heterocycles. The van der Waals surface area contributed by atoms with Gasteiger partial charge in [0, 0.05) is 4.47 Å². The molecule has 0 aliphatic heterocycles. The van der Waals surface area contributed by atoms with Crippen LogP contribution >= 0.6 is 15.9 Å². The summed E-state index contributed by atoms with van der Waals surface area (Å²) < 4.78 is 12.2. The molecule has 0 aliphatic rings. The maximum absolute atomic E-state index is 9.94. The molecule has 0 heterocycles. The van der Waals surface area contributed by atoms with Crippen LogP contribution in [0.15, 0.2) is 40.9 Å². The molecule has 0 saturated heterocycles. The summed E-state index contributed by atoms with van der Waals surface area (Å²) in [6, 6.07) is 11.3. The fraction of sp³-hybridized carbons (Fsp3) is 0.250. The Bertz CT molecular complexity index is 609. The van der Waals surface area contributed by atoms with Crippen LogP contribution < -0.4 is 9.47 Å². The standard InChI is InChI=1S/C16H17BrO3/c1-10-9-12(17)7-8-13(10)20-15-6-4-5-14(19-3)16(15)11(2)18/h4-9,11,18H,1-3H3/t11-/m0/s1. The molecular formula is C16H17BrO3. The third-order valence-corrected chi connectivity index (χ3v) is 3.51. The van der Waals surface area contributed by atoms with Crippen molar-refractivity contribution in [1.82, 2.24) is 0 Å². The van der Waals surface area contributed by atoms with Gasteiger partial charge in [-0.3, -0.25) is 0 Å². The van der Waals surface area contributed by atoms with Crippen molar-refractivity contribution in [2.75, 3.05) is 7.11 Å². The fourth-order valence-corrected chi connectivity index (χ4v) is 2.52. The quantitative estimate of drug-likeness (QED) is 0.885. The number of hydrogen-bond donors (Lipinski definition) is 1.